The van der Waals surface area contributed by atoms with Gasteiger partial charge in [0.15, 0.2) is 0 Å². The molecule has 0 aliphatic heterocycles. The zero-order chi connectivity index (χ0) is 11.7. The first-order chi connectivity index (χ1) is 7.59. The number of rotatable bonds is 2. The van der Waals surface area contributed by atoms with E-state index in [0.717, 1.165) is 5.02 Å². The van der Waals surface area contributed by atoms with E-state index in [1.165, 1.54) is 17.0 Å². The quantitative estimate of drug-likeness (QED) is 0.726. The summed E-state index contributed by atoms with van der Waals surface area (Å²) < 4.78 is 2.33. The van der Waals surface area contributed by atoms with Crippen LogP contribution in [-0.4, -0.2) is 4.57 Å². The van der Waals surface area contributed by atoms with Crippen LogP contribution in [0.4, 0.5) is 0 Å². The van der Waals surface area contributed by atoms with Crippen LogP contribution in [-0.2, 0) is 0 Å². The summed E-state index contributed by atoms with van der Waals surface area (Å²) >= 11 is 6.02. The third-order valence-electron chi connectivity index (χ3n) is 3.04. The lowest BCUT2D eigenvalue weighted by Crippen LogP contribution is -2.09. The molecule has 2 aromatic rings. The molecule has 0 saturated heterocycles. The van der Waals surface area contributed by atoms with Gasteiger partial charge in [-0.3, -0.25) is 0 Å². The monoisotopic (exact) mass is 233 g/mol. The molecule has 1 nitrogen and oxygen atoms in total. The minimum atomic E-state index is 0.327. The summed E-state index contributed by atoms with van der Waals surface area (Å²) in [4.78, 5) is 0. The molecule has 0 aliphatic carbocycles. The Hall–Kier alpha value is -1.21. The molecule has 1 atom stereocenters. The Labute approximate surface area is 102 Å². The van der Waals surface area contributed by atoms with E-state index in [2.05, 4.69) is 43.5 Å². The van der Waals surface area contributed by atoms with E-state index in [9.17, 15) is 0 Å². The average molecular weight is 234 g/mol. The van der Waals surface area contributed by atoms with Crippen molar-refractivity contribution >= 4 is 11.6 Å². The van der Waals surface area contributed by atoms with E-state index in [1.807, 2.05) is 18.2 Å². The van der Waals surface area contributed by atoms with Crippen molar-refractivity contribution in [1.82, 2.24) is 4.57 Å². The molecule has 0 radical (unpaired) electrons. The molecule has 0 amide bonds. The van der Waals surface area contributed by atoms with Crippen molar-refractivity contribution in [2.45, 2.75) is 26.8 Å². The van der Waals surface area contributed by atoms with Gasteiger partial charge in [-0.25, -0.2) is 0 Å². The summed E-state index contributed by atoms with van der Waals surface area (Å²) in [6.07, 6.45) is 0. The molecule has 16 heavy (non-hydrogen) atoms. The molecular formula is C14H16ClN. The van der Waals surface area contributed by atoms with E-state index in [4.69, 9.17) is 11.6 Å². The Balaban J connectivity index is 2.43. The summed E-state index contributed by atoms with van der Waals surface area (Å²) in [5.41, 5.74) is 3.81. The topological polar surface area (TPSA) is 4.93 Å². The Kier molecular flexibility index (Phi) is 3.06. The molecule has 2 heteroatoms. The van der Waals surface area contributed by atoms with Crippen LogP contribution >= 0.6 is 11.6 Å². The fraction of sp³-hybridized carbons (Fsp3) is 0.286. The molecule has 0 bridgehead atoms. The zero-order valence-electron chi connectivity index (χ0n) is 9.87. The third-order valence-corrected chi connectivity index (χ3v) is 3.28. The van der Waals surface area contributed by atoms with Crippen molar-refractivity contribution in [2.24, 2.45) is 0 Å². The van der Waals surface area contributed by atoms with Crippen LogP contribution in [0.2, 0.25) is 5.02 Å². The highest BCUT2D eigenvalue weighted by Crippen LogP contribution is 2.24. The van der Waals surface area contributed by atoms with Gasteiger partial charge < -0.3 is 4.57 Å². The van der Waals surface area contributed by atoms with Crippen LogP contribution in [0, 0.1) is 13.8 Å². The molecule has 0 fully saturated rings. The summed E-state index contributed by atoms with van der Waals surface area (Å²) in [7, 11) is 0. The maximum Gasteiger partial charge on any atom is 0.0557 e. The normalized spacial score (nSPS) is 12.8. The van der Waals surface area contributed by atoms with Gasteiger partial charge in [0.25, 0.3) is 0 Å². The average Bonchev–Trinajstić information content (AvgIpc) is 2.58. The standard InChI is InChI=1S/C14H16ClN/c1-10-7-8-11(2)16(10)12(3)13-5-4-6-14(15)9-13/h4-9,12H,1-3H3. The number of benzene rings is 1. The van der Waals surface area contributed by atoms with Gasteiger partial charge in [-0.2, -0.15) is 0 Å². The molecule has 1 heterocycles. The second-order valence-electron chi connectivity index (χ2n) is 4.22. The minimum absolute atomic E-state index is 0.327. The largest absolute Gasteiger partial charge is 0.342 e. The zero-order valence-corrected chi connectivity index (χ0v) is 10.6. The SMILES string of the molecule is Cc1ccc(C)n1C(C)c1cccc(Cl)c1. The molecule has 1 aromatic carbocycles. The summed E-state index contributed by atoms with van der Waals surface area (Å²) in [5.74, 6) is 0. The number of hydrogen-bond donors (Lipinski definition) is 0. The molecule has 2 rings (SSSR count). The minimum Gasteiger partial charge on any atom is -0.342 e. The second kappa shape index (κ2) is 4.34. The van der Waals surface area contributed by atoms with Gasteiger partial charge >= 0.3 is 0 Å². The van der Waals surface area contributed by atoms with Gasteiger partial charge in [-0.15, -0.1) is 0 Å². The number of hydrogen-bond acceptors (Lipinski definition) is 0. The molecule has 1 unspecified atom stereocenters. The first kappa shape index (κ1) is 11.3. The summed E-state index contributed by atoms with van der Waals surface area (Å²) in [5, 5.41) is 0.798. The molecular weight excluding hydrogens is 218 g/mol. The third kappa shape index (κ3) is 2.00. The van der Waals surface area contributed by atoms with Crippen LogP contribution in [0.5, 0.6) is 0 Å². The number of nitrogens with zero attached hydrogens (tertiary/aromatic N) is 1. The molecule has 0 aliphatic rings. The highest BCUT2D eigenvalue weighted by Gasteiger charge is 2.11. The second-order valence-corrected chi connectivity index (χ2v) is 4.65. The molecule has 1 aromatic heterocycles. The van der Waals surface area contributed by atoms with Crippen molar-refractivity contribution in [1.29, 1.82) is 0 Å². The lowest BCUT2D eigenvalue weighted by Gasteiger charge is -2.19. The van der Waals surface area contributed by atoms with E-state index in [-0.39, 0.29) is 0 Å². The van der Waals surface area contributed by atoms with Crippen LogP contribution in [0.25, 0.3) is 0 Å². The smallest absolute Gasteiger partial charge is 0.0557 e. The van der Waals surface area contributed by atoms with Crippen LogP contribution < -0.4 is 0 Å². The predicted molar refractivity (Wildman–Crippen MR) is 69.2 cm³/mol. The van der Waals surface area contributed by atoms with Gasteiger partial charge in [0.2, 0.25) is 0 Å². The van der Waals surface area contributed by atoms with Crippen molar-refractivity contribution in [3.8, 4) is 0 Å². The van der Waals surface area contributed by atoms with Crippen LogP contribution in [0.3, 0.4) is 0 Å². The van der Waals surface area contributed by atoms with Gasteiger partial charge in [-0.05, 0) is 50.6 Å². The van der Waals surface area contributed by atoms with Gasteiger partial charge in [0.1, 0.15) is 0 Å². The number of aromatic nitrogens is 1. The maximum absolute atomic E-state index is 6.02. The highest BCUT2D eigenvalue weighted by atomic mass is 35.5. The maximum atomic E-state index is 6.02. The van der Waals surface area contributed by atoms with Gasteiger partial charge in [0, 0.05) is 16.4 Å². The molecule has 0 saturated carbocycles. The molecule has 0 spiro atoms. The first-order valence-corrected chi connectivity index (χ1v) is 5.87. The fourth-order valence-electron chi connectivity index (χ4n) is 2.21. The van der Waals surface area contributed by atoms with E-state index in [0.29, 0.717) is 6.04 Å². The van der Waals surface area contributed by atoms with Crippen molar-refractivity contribution in [3.63, 3.8) is 0 Å². The van der Waals surface area contributed by atoms with Crippen LogP contribution in [0.15, 0.2) is 36.4 Å². The Bertz CT molecular complexity index is 480. The van der Waals surface area contributed by atoms with Gasteiger partial charge in [0.05, 0.1) is 6.04 Å². The number of halogens is 1. The number of aryl methyl sites for hydroxylation is 2. The lowest BCUT2D eigenvalue weighted by atomic mass is 10.1. The Morgan fingerprint density at radius 3 is 2.25 bits per heavy atom. The predicted octanol–water partition coefficient (Wildman–Crippen LogP) is 4.37. The van der Waals surface area contributed by atoms with E-state index >= 15 is 0 Å². The van der Waals surface area contributed by atoms with E-state index < -0.39 is 0 Å². The Morgan fingerprint density at radius 2 is 1.69 bits per heavy atom. The fourth-order valence-corrected chi connectivity index (χ4v) is 2.41. The Morgan fingerprint density at radius 1 is 1.06 bits per heavy atom. The van der Waals surface area contributed by atoms with Crippen molar-refractivity contribution < 1.29 is 0 Å². The van der Waals surface area contributed by atoms with Crippen molar-refractivity contribution in [2.75, 3.05) is 0 Å². The molecule has 0 N–H and O–H groups in total. The highest BCUT2D eigenvalue weighted by molar-refractivity contribution is 6.30. The first-order valence-electron chi connectivity index (χ1n) is 5.49. The summed E-state index contributed by atoms with van der Waals surface area (Å²) in [6, 6.07) is 12.7. The van der Waals surface area contributed by atoms with Gasteiger partial charge in [-0.1, -0.05) is 23.7 Å². The summed E-state index contributed by atoms with van der Waals surface area (Å²) in [6.45, 7) is 6.47. The molecule has 84 valence electrons. The van der Waals surface area contributed by atoms with Crippen LogP contribution in [0.1, 0.15) is 29.9 Å². The van der Waals surface area contributed by atoms with E-state index in [1.54, 1.807) is 0 Å². The van der Waals surface area contributed by atoms with Crippen molar-refractivity contribution in [3.05, 3.63) is 58.4 Å². The lowest BCUT2D eigenvalue weighted by molar-refractivity contribution is 0.610.